The van der Waals surface area contributed by atoms with Crippen LogP contribution in [0.2, 0.25) is 0 Å². The van der Waals surface area contributed by atoms with E-state index in [1.807, 2.05) is 38.1 Å². The fraction of sp³-hybridized carbons (Fsp3) is 0.429. The van der Waals surface area contributed by atoms with Crippen molar-refractivity contribution in [3.8, 4) is 5.69 Å². The van der Waals surface area contributed by atoms with Gasteiger partial charge in [0.25, 0.3) is 5.91 Å². The van der Waals surface area contributed by atoms with Gasteiger partial charge in [0, 0.05) is 30.2 Å². The van der Waals surface area contributed by atoms with E-state index in [-0.39, 0.29) is 17.5 Å². The molecular weight excluding hydrogens is 392 g/mol. The SMILES string of the molecule is Cc1ccc(C)n1-c1ccc(C(=O)O[C@@H](C)C(=O)N(C)[C@H]2CCS(=O)(=O)C2)cc1. The Bertz CT molecular complexity index is 1000. The third-order valence-corrected chi connectivity index (χ3v) is 7.12. The molecule has 2 heterocycles. The Kier molecular flexibility index (Phi) is 5.84. The maximum Gasteiger partial charge on any atom is 0.338 e. The Hall–Kier alpha value is -2.61. The predicted octanol–water partition coefficient (Wildman–Crippen LogP) is 2.28. The lowest BCUT2D eigenvalue weighted by molar-refractivity contribution is -0.140. The van der Waals surface area contributed by atoms with Gasteiger partial charge in [-0.25, -0.2) is 13.2 Å². The quantitative estimate of drug-likeness (QED) is 0.696. The summed E-state index contributed by atoms with van der Waals surface area (Å²) in [5, 5.41) is 0. The summed E-state index contributed by atoms with van der Waals surface area (Å²) in [4.78, 5) is 26.4. The van der Waals surface area contributed by atoms with Crippen molar-refractivity contribution in [1.29, 1.82) is 0 Å². The fourth-order valence-corrected chi connectivity index (χ4v) is 5.42. The molecule has 29 heavy (non-hydrogen) atoms. The van der Waals surface area contributed by atoms with Crippen LogP contribution in [0, 0.1) is 13.8 Å². The van der Waals surface area contributed by atoms with Gasteiger partial charge in [-0.05, 0) is 63.6 Å². The highest BCUT2D eigenvalue weighted by Gasteiger charge is 2.35. The Balaban J connectivity index is 1.64. The van der Waals surface area contributed by atoms with E-state index in [9.17, 15) is 18.0 Å². The minimum Gasteiger partial charge on any atom is -0.449 e. The highest BCUT2D eigenvalue weighted by atomic mass is 32.2. The van der Waals surface area contributed by atoms with Crippen molar-refractivity contribution < 1.29 is 22.7 Å². The molecule has 0 unspecified atom stereocenters. The number of sulfone groups is 1. The Labute approximate surface area is 171 Å². The highest BCUT2D eigenvalue weighted by Crippen LogP contribution is 2.19. The van der Waals surface area contributed by atoms with Crippen molar-refractivity contribution in [1.82, 2.24) is 9.47 Å². The van der Waals surface area contributed by atoms with Crippen LogP contribution < -0.4 is 0 Å². The van der Waals surface area contributed by atoms with Crippen LogP contribution in [-0.2, 0) is 19.4 Å². The Morgan fingerprint density at radius 3 is 2.21 bits per heavy atom. The van der Waals surface area contributed by atoms with Crippen LogP contribution in [-0.4, -0.2) is 60.5 Å². The number of likely N-dealkylation sites (N-methyl/N-ethyl adjacent to an activating group) is 1. The van der Waals surface area contributed by atoms with E-state index >= 15 is 0 Å². The number of aryl methyl sites for hydroxylation is 2. The van der Waals surface area contributed by atoms with Crippen LogP contribution in [0.5, 0.6) is 0 Å². The second-order valence-electron chi connectivity index (χ2n) is 7.55. The van der Waals surface area contributed by atoms with Gasteiger partial charge in [0.05, 0.1) is 17.1 Å². The number of carbonyl (C=O) groups excluding carboxylic acids is 2. The summed E-state index contributed by atoms with van der Waals surface area (Å²) >= 11 is 0. The topological polar surface area (TPSA) is 85.7 Å². The predicted molar refractivity (Wildman–Crippen MR) is 110 cm³/mol. The van der Waals surface area contributed by atoms with E-state index in [0.29, 0.717) is 12.0 Å². The van der Waals surface area contributed by atoms with E-state index in [4.69, 9.17) is 4.74 Å². The number of rotatable bonds is 5. The van der Waals surface area contributed by atoms with Gasteiger partial charge < -0.3 is 14.2 Å². The number of ether oxygens (including phenoxy) is 1. The molecule has 1 amide bonds. The van der Waals surface area contributed by atoms with Crippen molar-refractivity contribution in [2.75, 3.05) is 18.6 Å². The lowest BCUT2D eigenvalue weighted by atomic mass is 10.2. The summed E-state index contributed by atoms with van der Waals surface area (Å²) < 4.78 is 30.7. The van der Waals surface area contributed by atoms with E-state index < -0.39 is 27.8 Å². The third kappa shape index (κ3) is 4.53. The molecule has 7 nitrogen and oxygen atoms in total. The van der Waals surface area contributed by atoms with Gasteiger partial charge in [-0.1, -0.05) is 0 Å². The van der Waals surface area contributed by atoms with Gasteiger partial charge in [-0.15, -0.1) is 0 Å². The monoisotopic (exact) mass is 418 g/mol. The van der Waals surface area contributed by atoms with Crippen LogP contribution >= 0.6 is 0 Å². The molecule has 0 aliphatic carbocycles. The maximum atomic E-state index is 12.5. The second-order valence-corrected chi connectivity index (χ2v) is 9.78. The van der Waals surface area contributed by atoms with Gasteiger partial charge in [-0.2, -0.15) is 0 Å². The number of esters is 1. The zero-order valence-corrected chi connectivity index (χ0v) is 17.9. The van der Waals surface area contributed by atoms with Gasteiger partial charge >= 0.3 is 5.97 Å². The summed E-state index contributed by atoms with van der Waals surface area (Å²) in [5.41, 5.74) is 3.47. The summed E-state index contributed by atoms with van der Waals surface area (Å²) in [6.45, 7) is 5.52. The first-order valence-corrected chi connectivity index (χ1v) is 11.3. The van der Waals surface area contributed by atoms with Crippen LogP contribution in [0.15, 0.2) is 36.4 Å². The smallest absolute Gasteiger partial charge is 0.338 e. The largest absolute Gasteiger partial charge is 0.449 e. The van der Waals surface area contributed by atoms with Crippen LogP contribution in [0.4, 0.5) is 0 Å². The van der Waals surface area contributed by atoms with E-state index in [1.54, 1.807) is 19.2 Å². The number of aromatic nitrogens is 1. The molecule has 156 valence electrons. The lowest BCUT2D eigenvalue weighted by Crippen LogP contribution is -2.44. The number of hydrogen-bond donors (Lipinski definition) is 0. The van der Waals surface area contributed by atoms with Gasteiger partial charge in [-0.3, -0.25) is 4.79 Å². The molecule has 0 N–H and O–H groups in total. The maximum absolute atomic E-state index is 12.5. The zero-order chi connectivity index (χ0) is 21.3. The summed E-state index contributed by atoms with van der Waals surface area (Å²) in [5.74, 6) is -0.965. The van der Waals surface area contributed by atoms with Gasteiger partial charge in [0.1, 0.15) is 0 Å². The van der Waals surface area contributed by atoms with Gasteiger partial charge in [0.15, 0.2) is 15.9 Å². The van der Waals surface area contributed by atoms with Crippen molar-refractivity contribution in [2.24, 2.45) is 0 Å². The number of hydrogen-bond acceptors (Lipinski definition) is 5. The summed E-state index contributed by atoms with van der Waals surface area (Å²) in [6, 6.07) is 10.7. The average molecular weight is 419 g/mol. The number of nitrogens with zero attached hydrogens (tertiary/aromatic N) is 2. The molecule has 1 aliphatic heterocycles. The minimum absolute atomic E-state index is 0.0460. The number of benzene rings is 1. The summed E-state index contributed by atoms with van der Waals surface area (Å²) in [6.07, 6.45) is -0.588. The van der Waals surface area contributed by atoms with Crippen LogP contribution in [0.25, 0.3) is 5.69 Å². The minimum atomic E-state index is -3.10. The molecule has 0 saturated carbocycles. The van der Waals surface area contributed by atoms with Crippen molar-refractivity contribution >= 4 is 21.7 Å². The Morgan fingerprint density at radius 1 is 1.10 bits per heavy atom. The zero-order valence-electron chi connectivity index (χ0n) is 17.1. The van der Waals surface area contributed by atoms with Crippen molar-refractivity contribution in [3.05, 3.63) is 53.3 Å². The van der Waals surface area contributed by atoms with E-state index in [1.165, 1.54) is 11.8 Å². The normalized spacial score (nSPS) is 19.0. The fourth-order valence-electron chi connectivity index (χ4n) is 3.65. The average Bonchev–Trinajstić information content (AvgIpc) is 3.21. The third-order valence-electron chi connectivity index (χ3n) is 5.37. The first kappa shape index (κ1) is 21.1. The standard InChI is InChI=1S/C21H26N2O5S/c1-14-5-6-15(2)23(14)18-9-7-17(8-10-18)21(25)28-16(3)20(24)22(4)19-11-12-29(26,27)13-19/h5-10,16,19H,11-13H2,1-4H3/t16-,19-/m0/s1. The van der Waals surface area contributed by atoms with Crippen LogP contribution in [0.3, 0.4) is 0 Å². The molecule has 3 rings (SSSR count). The molecule has 2 atom stereocenters. The molecule has 2 aromatic rings. The first-order chi connectivity index (χ1) is 13.6. The molecule has 1 aromatic heterocycles. The highest BCUT2D eigenvalue weighted by molar-refractivity contribution is 7.91. The Morgan fingerprint density at radius 2 is 1.69 bits per heavy atom. The molecule has 1 aromatic carbocycles. The van der Waals surface area contributed by atoms with Gasteiger partial charge in [0.2, 0.25) is 0 Å². The first-order valence-electron chi connectivity index (χ1n) is 9.52. The molecule has 0 spiro atoms. The lowest BCUT2D eigenvalue weighted by Gasteiger charge is -2.26. The molecule has 1 fully saturated rings. The summed E-state index contributed by atoms with van der Waals surface area (Å²) in [7, 11) is -1.55. The molecular formula is C21H26N2O5S. The van der Waals surface area contributed by atoms with Crippen LogP contribution in [0.1, 0.15) is 35.1 Å². The molecule has 8 heteroatoms. The number of amides is 1. The van der Waals surface area contributed by atoms with E-state index in [0.717, 1.165) is 17.1 Å². The molecule has 0 radical (unpaired) electrons. The van der Waals surface area contributed by atoms with Crippen molar-refractivity contribution in [3.63, 3.8) is 0 Å². The molecule has 1 aliphatic rings. The molecule has 1 saturated heterocycles. The number of carbonyl (C=O) groups is 2. The van der Waals surface area contributed by atoms with Crippen molar-refractivity contribution in [2.45, 2.75) is 39.3 Å². The molecule has 0 bridgehead atoms. The second kappa shape index (κ2) is 8.02. The van der Waals surface area contributed by atoms with E-state index in [2.05, 4.69) is 4.57 Å².